The van der Waals surface area contributed by atoms with Gasteiger partial charge < -0.3 is 14.1 Å². The van der Waals surface area contributed by atoms with Gasteiger partial charge in [0.1, 0.15) is 11.4 Å². The van der Waals surface area contributed by atoms with Crippen molar-refractivity contribution in [3.05, 3.63) is 89.8 Å². The van der Waals surface area contributed by atoms with Crippen LogP contribution in [0.5, 0.6) is 0 Å². The zero-order chi connectivity index (χ0) is 21.8. The highest BCUT2D eigenvalue weighted by Crippen LogP contribution is 2.16. The summed E-state index contributed by atoms with van der Waals surface area (Å²) in [5.74, 6) is 0.171. The van der Waals surface area contributed by atoms with Gasteiger partial charge >= 0.3 is 0 Å². The fraction of sp³-hybridized carbons (Fsp3) is 0.182. The van der Waals surface area contributed by atoms with Crippen LogP contribution in [0.25, 0.3) is 5.65 Å². The van der Waals surface area contributed by atoms with E-state index in [1.807, 2.05) is 35.0 Å². The SMILES string of the molecule is Cc1ccc(S(=O)(=O)NCc2ccco2)cc1C(=O)NCCc1cn2ccccc2n1. The van der Waals surface area contributed by atoms with Crippen molar-refractivity contribution in [1.29, 1.82) is 0 Å². The Kier molecular flexibility index (Phi) is 5.88. The van der Waals surface area contributed by atoms with Gasteiger partial charge in [-0.2, -0.15) is 0 Å². The molecule has 4 rings (SSSR count). The van der Waals surface area contributed by atoms with Crippen molar-refractivity contribution in [1.82, 2.24) is 19.4 Å². The first kappa shape index (κ1) is 20.8. The van der Waals surface area contributed by atoms with E-state index in [-0.39, 0.29) is 17.3 Å². The number of furan rings is 1. The summed E-state index contributed by atoms with van der Waals surface area (Å²) in [6.45, 7) is 2.18. The number of sulfonamides is 1. The molecule has 0 saturated heterocycles. The predicted octanol–water partition coefficient (Wildman–Crippen LogP) is 2.69. The van der Waals surface area contributed by atoms with Gasteiger partial charge in [-0.1, -0.05) is 12.1 Å². The van der Waals surface area contributed by atoms with Crippen LogP contribution in [0.15, 0.2) is 76.5 Å². The molecule has 0 unspecified atom stereocenters. The Balaban J connectivity index is 1.41. The lowest BCUT2D eigenvalue weighted by Crippen LogP contribution is -2.27. The largest absolute Gasteiger partial charge is 0.468 e. The van der Waals surface area contributed by atoms with Crippen molar-refractivity contribution in [2.24, 2.45) is 0 Å². The summed E-state index contributed by atoms with van der Waals surface area (Å²) >= 11 is 0. The molecule has 0 bridgehead atoms. The van der Waals surface area contributed by atoms with Crippen LogP contribution in [0.3, 0.4) is 0 Å². The lowest BCUT2D eigenvalue weighted by molar-refractivity contribution is 0.0953. The molecule has 3 heterocycles. The Labute approximate surface area is 180 Å². The summed E-state index contributed by atoms with van der Waals surface area (Å²) in [6, 6.07) is 13.6. The number of nitrogens with zero attached hydrogens (tertiary/aromatic N) is 2. The first-order chi connectivity index (χ1) is 14.9. The van der Waals surface area contributed by atoms with Gasteiger partial charge in [0.15, 0.2) is 0 Å². The van der Waals surface area contributed by atoms with Crippen LogP contribution in [0, 0.1) is 6.92 Å². The van der Waals surface area contributed by atoms with E-state index in [1.54, 1.807) is 25.1 Å². The monoisotopic (exact) mass is 438 g/mol. The lowest BCUT2D eigenvalue weighted by atomic mass is 10.1. The number of fused-ring (bicyclic) bond motifs is 1. The van der Waals surface area contributed by atoms with Crippen molar-refractivity contribution in [3.63, 3.8) is 0 Å². The maximum absolute atomic E-state index is 12.7. The number of rotatable bonds is 8. The van der Waals surface area contributed by atoms with Gasteiger partial charge in [0.2, 0.25) is 10.0 Å². The number of imidazole rings is 1. The summed E-state index contributed by atoms with van der Waals surface area (Å²) < 4.78 is 34.8. The number of amides is 1. The average Bonchev–Trinajstić information content (AvgIpc) is 3.42. The molecule has 0 aliphatic heterocycles. The molecular formula is C22H22N4O4S. The van der Waals surface area contributed by atoms with Crippen LogP contribution in [-0.2, 0) is 23.0 Å². The molecule has 31 heavy (non-hydrogen) atoms. The highest BCUT2D eigenvalue weighted by molar-refractivity contribution is 7.89. The van der Waals surface area contributed by atoms with Crippen LogP contribution < -0.4 is 10.0 Å². The second-order valence-electron chi connectivity index (χ2n) is 7.08. The Morgan fingerprint density at radius 2 is 2.03 bits per heavy atom. The number of hydrogen-bond donors (Lipinski definition) is 2. The van der Waals surface area contributed by atoms with Crippen LogP contribution >= 0.6 is 0 Å². The third-order valence-corrected chi connectivity index (χ3v) is 6.26. The molecule has 1 aromatic carbocycles. The van der Waals surface area contributed by atoms with Crippen LogP contribution in [0.1, 0.15) is 27.4 Å². The first-order valence-corrected chi connectivity index (χ1v) is 11.2. The molecule has 4 aromatic rings. The molecular weight excluding hydrogens is 416 g/mol. The molecule has 0 aliphatic rings. The van der Waals surface area contributed by atoms with Crippen LogP contribution in [-0.4, -0.2) is 30.3 Å². The van der Waals surface area contributed by atoms with Crippen molar-refractivity contribution in [3.8, 4) is 0 Å². The minimum Gasteiger partial charge on any atom is -0.468 e. The highest BCUT2D eigenvalue weighted by Gasteiger charge is 2.18. The number of aryl methyl sites for hydroxylation is 1. The summed E-state index contributed by atoms with van der Waals surface area (Å²) in [4.78, 5) is 17.2. The van der Waals surface area contributed by atoms with Crippen LogP contribution in [0.2, 0.25) is 0 Å². The van der Waals surface area contributed by atoms with E-state index in [2.05, 4.69) is 15.0 Å². The highest BCUT2D eigenvalue weighted by atomic mass is 32.2. The number of nitrogens with one attached hydrogen (secondary N) is 2. The first-order valence-electron chi connectivity index (χ1n) is 9.76. The molecule has 0 atom stereocenters. The number of benzene rings is 1. The maximum atomic E-state index is 12.7. The molecule has 0 saturated carbocycles. The van der Waals surface area contributed by atoms with Gasteiger partial charge in [-0.05, 0) is 48.9 Å². The third-order valence-electron chi connectivity index (χ3n) is 4.86. The molecule has 0 spiro atoms. The zero-order valence-electron chi connectivity index (χ0n) is 16.9. The number of carbonyl (C=O) groups is 1. The fourth-order valence-corrected chi connectivity index (χ4v) is 4.20. The van der Waals surface area contributed by atoms with E-state index in [4.69, 9.17) is 4.42 Å². The van der Waals surface area contributed by atoms with Gasteiger partial charge in [0.05, 0.1) is 23.4 Å². The van der Waals surface area contributed by atoms with Crippen LogP contribution in [0.4, 0.5) is 0 Å². The molecule has 160 valence electrons. The number of pyridine rings is 1. The minimum absolute atomic E-state index is 0.0233. The topological polar surface area (TPSA) is 106 Å². The van der Waals surface area contributed by atoms with Crippen molar-refractivity contribution >= 4 is 21.6 Å². The van der Waals surface area contributed by atoms with Crippen molar-refractivity contribution < 1.29 is 17.6 Å². The molecule has 0 fully saturated rings. The molecule has 9 heteroatoms. The number of hydrogen-bond acceptors (Lipinski definition) is 5. The molecule has 1 amide bonds. The maximum Gasteiger partial charge on any atom is 0.251 e. The Morgan fingerprint density at radius 1 is 1.16 bits per heavy atom. The number of carbonyl (C=O) groups excluding carboxylic acids is 1. The molecule has 0 radical (unpaired) electrons. The minimum atomic E-state index is -3.79. The van der Waals surface area contributed by atoms with E-state index in [1.165, 1.54) is 18.4 Å². The molecule has 8 nitrogen and oxygen atoms in total. The van der Waals surface area contributed by atoms with E-state index < -0.39 is 10.0 Å². The van der Waals surface area contributed by atoms with Gasteiger partial charge in [-0.15, -0.1) is 0 Å². The fourth-order valence-electron chi connectivity index (χ4n) is 3.18. The number of aromatic nitrogens is 2. The van der Waals surface area contributed by atoms with Crippen molar-refractivity contribution in [2.75, 3.05) is 6.54 Å². The van der Waals surface area contributed by atoms with Gasteiger partial charge in [0.25, 0.3) is 5.91 Å². The Bertz CT molecular complexity index is 1280. The van der Waals surface area contributed by atoms with E-state index in [0.29, 0.717) is 29.9 Å². The quantitative estimate of drug-likeness (QED) is 0.440. The third kappa shape index (κ3) is 4.84. The smallest absolute Gasteiger partial charge is 0.251 e. The van der Waals surface area contributed by atoms with Gasteiger partial charge in [-0.3, -0.25) is 4.79 Å². The lowest BCUT2D eigenvalue weighted by Gasteiger charge is -2.11. The Hall–Kier alpha value is -3.43. The van der Waals surface area contributed by atoms with E-state index in [0.717, 1.165) is 11.3 Å². The van der Waals surface area contributed by atoms with Gasteiger partial charge in [-0.25, -0.2) is 18.1 Å². The average molecular weight is 439 g/mol. The van der Waals surface area contributed by atoms with Gasteiger partial charge in [0, 0.05) is 30.9 Å². The summed E-state index contributed by atoms with van der Waals surface area (Å²) in [6.07, 6.45) is 5.88. The predicted molar refractivity (Wildman–Crippen MR) is 115 cm³/mol. The second kappa shape index (κ2) is 8.75. The normalized spacial score (nSPS) is 11.6. The summed E-state index contributed by atoms with van der Waals surface area (Å²) in [5, 5.41) is 2.85. The molecule has 0 aliphatic carbocycles. The Morgan fingerprint density at radius 3 is 2.81 bits per heavy atom. The molecule has 3 aromatic heterocycles. The zero-order valence-corrected chi connectivity index (χ0v) is 17.7. The summed E-state index contributed by atoms with van der Waals surface area (Å²) in [7, 11) is -3.79. The standard InChI is InChI=1S/C22H22N4O4S/c1-16-7-8-19(31(28,29)24-14-18-5-4-12-30-18)13-20(16)22(27)23-10-9-17-15-26-11-3-2-6-21(26)25-17/h2-8,11-13,15,24H,9-10,14H2,1H3,(H,23,27). The van der Waals surface area contributed by atoms with Crippen molar-refractivity contribution in [2.45, 2.75) is 24.8 Å². The summed E-state index contributed by atoms with van der Waals surface area (Å²) in [5.41, 5.74) is 2.72. The van der Waals surface area contributed by atoms with E-state index in [9.17, 15) is 13.2 Å². The molecule has 2 N–H and O–H groups in total. The second-order valence-corrected chi connectivity index (χ2v) is 8.85. The van der Waals surface area contributed by atoms with E-state index >= 15 is 0 Å².